The topological polar surface area (TPSA) is 63.0 Å². The van der Waals surface area contributed by atoms with E-state index in [1.807, 2.05) is 19.2 Å². The van der Waals surface area contributed by atoms with Crippen molar-refractivity contribution in [2.45, 2.75) is 6.29 Å². The molecule has 7 heteroatoms. The summed E-state index contributed by atoms with van der Waals surface area (Å²) in [6.45, 7) is 2.07. The first kappa shape index (κ1) is 14.5. The quantitative estimate of drug-likeness (QED) is 0.633. The molecule has 0 radical (unpaired) electrons. The van der Waals surface area contributed by atoms with Crippen LogP contribution in [0.3, 0.4) is 0 Å². The molecule has 2 rings (SSSR count). The number of hydrogen-bond acceptors (Lipinski definition) is 5. The van der Waals surface area contributed by atoms with Crippen LogP contribution in [-0.4, -0.2) is 45.5 Å². The molecule has 6 nitrogen and oxygen atoms in total. The number of nitrogens with zero attached hydrogens (tertiary/aromatic N) is 3. The van der Waals surface area contributed by atoms with Gasteiger partial charge in [-0.2, -0.15) is 0 Å². The van der Waals surface area contributed by atoms with E-state index < -0.39 is 0 Å². The summed E-state index contributed by atoms with van der Waals surface area (Å²) in [5.41, 5.74) is 0.688. The van der Waals surface area contributed by atoms with E-state index in [0.29, 0.717) is 11.4 Å². The fourth-order valence-corrected chi connectivity index (χ4v) is 2.58. The molecule has 1 aromatic carbocycles. The monoisotopic (exact) mass is 377 g/mol. The third kappa shape index (κ3) is 3.34. The number of benzene rings is 1. The summed E-state index contributed by atoms with van der Waals surface area (Å²) in [4.78, 5) is 2.15. The van der Waals surface area contributed by atoms with Gasteiger partial charge in [0.25, 0.3) is 6.29 Å². The normalized spacial score (nSPS) is 20.1. The summed E-state index contributed by atoms with van der Waals surface area (Å²) in [6, 6.07) is 3.74. The largest absolute Gasteiger partial charge is 0.496 e. The molecule has 1 unspecified atom stereocenters. The maximum Gasteiger partial charge on any atom is 0.259 e. The Morgan fingerprint density at radius 3 is 2.63 bits per heavy atom. The average Bonchev–Trinajstić information content (AvgIpc) is 2.82. The lowest BCUT2D eigenvalue weighted by Gasteiger charge is -2.11. The summed E-state index contributed by atoms with van der Waals surface area (Å²) in [7, 11) is 5.31. The average molecular weight is 377 g/mol. The summed E-state index contributed by atoms with van der Waals surface area (Å²) in [5.74, 6) is 1.48. The molecule has 0 aliphatic carbocycles. The van der Waals surface area contributed by atoms with Crippen molar-refractivity contribution in [1.82, 2.24) is 4.90 Å². The van der Waals surface area contributed by atoms with Crippen LogP contribution in [-0.2, 0) is 0 Å². The second-order valence-corrected chi connectivity index (χ2v) is 5.45. The van der Waals surface area contributed by atoms with Gasteiger partial charge in [-0.15, -0.1) is 10.2 Å². The van der Waals surface area contributed by atoms with Crippen LogP contribution in [0.4, 0.5) is 5.69 Å². The number of hydrogen-bond donors (Lipinski definition) is 1. The summed E-state index contributed by atoms with van der Waals surface area (Å²) >= 11 is 2.20. The zero-order valence-electron chi connectivity index (χ0n) is 11.3. The Bertz CT molecular complexity index is 481. The van der Waals surface area contributed by atoms with Gasteiger partial charge >= 0.3 is 0 Å². The van der Waals surface area contributed by atoms with E-state index in [2.05, 4.69) is 43.0 Å². The highest BCUT2D eigenvalue weighted by Gasteiger charge is 2.23. The number of quaternary nitrogens is 1. The minimum absolute atomic E-state index is 0.0509. The van der Waals surface area contributed by atoms with E-state index in [1.165, 1.54) is 0 Å². The van der Waals surface area contributed by atoms with Crippen LogP contribution in [0.1, 0.15) is 0 Å². The SMILES string of the molecule is COc1cc(N=NC2[NH2+]CCN2C)c(OC)cc1I. The Labute approximate surface area is 126 Å². The van der Waals surface area contributed by atoms with Gasteiger partial charge in [-0.25, -0.2) is 4.90 Å². The van der Waals surface area contributed by atoms with E-state index in [-0.39, 0.29) is 6.29 Å². The maximum absolute atomic E-state index is 5.33. The van der Waals surface area contributed by atoms with Gasteiger partial charge in [0, 0.05) is 6.07 Å². The van der Waals surface area contributed by atoms with E-state index in [0.717, 1.165) is 22.4 Å². The molecule has 1 aliphatic heterocycles. The lowest BCUT2D eigenvalue weighted by Crippen LogP contribution is -2.87. The Morgan fingerprint density at radius 1 is 1.32 bits per heavy atom. The molecule has 1 fully saturated rings. The number of ether oxygens (including phenoxy) is 2. The van der Waals surface area contributed by atoms with Gasteiger partial charge in [0.05, 0.1) is 30.9 Å². The van der Waals surface area contributed by atoms with Gasteiger partial charge in [-0.05, 0) is 35.7 Å². The second-order valence-electron chi connectivity index (χ2n) is 4.29. The highest BCUT2D eigenvalue weighted by atomic mass is 127. The zero-order chi connectivity index (χ0) is 13.8. The minimum Gasteiger partial charge on any atom is -0.496 e. The fourth-order valence-electron chi connectivity index (χ4n) is 1.92. The molecule has 1 aromatic rings. The number of rotatable bonds is 4. The zero-order valence-corrected chi connectivity index (χ0v) is 13.4. The molecule has 1 atom stereocenters. The summed E-state index contributed by atoms with van der Waals surface area (Å²) in [6.07, 6.45) is 0.0509. The van der Waals surface area contributed by atoms with E-state index >= 15 is 0 Å². The lowest BCUT2D eigenvalue weighted by atomic mass is 10.3. The third-order valence-electron chi connectivity index (χ3n) is 3.05. The van der Waals surface area contributed by atoms with Crippen LogP contribution < -0.4 is 14.8 Å². The van der Waals surface area contributed by atoms with Gasteiger partial charge in [-0.1, -0.05) is 0 Å². The second kappa shape index (κ2) is 6.49. The molecule has 1 aliphatic rings. The fraction of sp³-hybridized carbons (Fsp3) is 0.500. The van der Waals surface area contributed by atoms with E-state index in [9.17, 15) is 0 Å². The molecule has 0 bridgehead atoms. The predicted octanol–water partition coefficient (Wildman–Crippen LogP) is 1.18. The Kier molecular flexibility index (Phi) is 4.94. The van der Waals surface area contributed by atoms with Gasteiger partial charge in [0.2, 0.25) is 0 Å². The minimum atomic E-state index is 0.0509. The number of halogens is 1. The molecule has 0 aromatic heterocycles. The number of likely N-dealkylation sites (N-methyl/N-ethyl adjacent to an activating group) is 1. The van der Waals surface area contributed by atoms with Crippen molar-refractivity contribution in [3.05, 3.63) is 15.7 Å². The van der Waals surface area contributed by atoms with Gasteiger partial charge in [0.1, 0.15) is 17.2 Å². The molecular weight excluding hydrogens is 359 g/mol. The van der Waals surface area contributed by atoms with Crippen molar-refractivity contribution in [3.8, 4) is 11.5 Å². The van der Waals surface area contributed by atoms with Crippen LogP contribution in [0.25, 0.3) is 0 Å². The Balaban J connectivity index is 2.25. The van der Waals surface area contributed by atoms with Crippen molar-refractivity contribution in [1.29, 1.82) is 0 Å². The molecule has 0 spiro atoms. The number of azo groups is 1. The number of methoxy groups -OCH3 is 2. The van der Waals surface area contributed by atoms with Gasteiger partial charge < -0.3 is 14.8 Å². The van der Waals surface area contributed by atoms with Crippen molar-refractivity contribution < 1.29 is 14.8 Å². The van der Waals surface area contributed by atoms with Crippen LogP contribution in [0.2, 0.25) is 0 Å². The smallest absolute Gasteiger partial charge is 0.259 e. The number of nitrogens with two attached hydrogens (primary N) is 1. The van der Waals surface area contributed by atoms with Gasteiger partial charge in [0.15, 0.2) is 0 Å². The molecule has 19 heavy (non-hydrogen) atoms. The molecule has 0 saturated carbocycles. The third-order valence-corrected chi connectivity index (χ3v) is 3.89. The van der Waals surface area contributed by atoms with Crippen LogP contribution in [0.5, 0.6) is 11.5 Å². The highest BCUT2D eigenvalue weighted by Crippen LogP contribution is 2.35. The lowest BCUT2D eigenvalue weighted by molar-refractivity contribution is -0.678. The Hall–Kier alpha value is -0.930. The maximum atomic E-state index is 5.33. The predicted molar refractivity (Wildman–Crippen MR) is 80.0 cm³/mol. The molecule has 1 saturated heterocycles. The summed E-state index contributed by atoms with van der Waals surface area (Å²) in [5, 5.41) is 10.8. The van der Waals surface area contributed by atoms with E-state index in [1.54, 1.807) is 14.2 Å². The molecule has 0 amide bonds. The Morgan fingerprint density at radius 2 is 2.05 bits per heavy atom. The molecule has 104 valence electrons. The van der Waals surface area contributed by atoms with Gasteiger partial charge in [-0.3, -0.25) is 0 Å². The molecular formula is C12H18IN4O2+. The standard InChI is InChI=1S/C12H17IN4O2/c1-17-5-4-14-12(17)16-15-9-7-10(18-2)8(13)6-11(9)19-3/h6-7,12,14H,4-5H2,1-3H3/p+1. The van der Waals surface area contributed by atoms with E-state index in [4.69, 9.17) is 9.47 Å². The van der Waals surface area contributed by atoms with Crippen LogP contribution in [0.15, 0.2) is 22.4 Å². The first-order valence-electron chi connectivity index (χ1n) is 6.01. The van der Waals surface area contributed by atoms with Crippen molar-refractivity contribution in [3.63, 3.8) is 0 Å². The van der Waals surface area contributed by atoms with Crippen molar-refractivity contribution in [2.75, 3.05) is 34.4 Å². The summed E-state index contributed by atoms with van der Waals surface area (Å²) < 4.78 is 11.6. The van der Waals surface area contributed by atoms with Crippen molar-refractivity contribution in [2.24, 2.45) is 10.2 Å². The molecule has 1 heterocycles. The van der Waals surface area contributed by atoms with Crippen LogP contribution in [0, 0.1) is 3.57 Å². The van der Waals surface area contributed by atoms with Crippen LogP contribution >= 0.6 is 22.6 Å². The molecule has 2 N–H and O–H groups in total. The highest BCUT2D eigenvalue weighted by molar-refractivity contribution is 14.1. The van der Waals surface area contributed by atoms with Crippen molar-refractivity contribution >= 4 is 28.3 Å². The first-order valence-corrected chi connectivity index (χ1v) is 7.09. The first-order chi connectivity index (χ1) is 9.15.